The van der Waals surface area contributed by atoms with E-state index in [1.807, 2.05) is 0 Å². The molecule has 0 rings (SSSR count). The Kier molecular flexibility index (Phi) is 15.4. The molecule has 0 aromatic rings. The van der Waals surface area contributed by atoms with Crippen LogP contribution in [-0.4, -0.2) is 11.7 Å². The van der Waals surface area contributed by atoms with Crippen LogP contribution in [0.5, 0.6) is 0 Å². The summed E-state index contributed by atoms with van der Waals surface area (Å²) in [4.78, 5) is 21.3. The number of hydrogen-bond donors (Lipinski definition) is 0. The van der Waals surface area contributed by atoms with Crippen LogP contribution in [-0.2, 0) is 9.59 Å². The zero-order chi connectivity index (χ0) is 19.8. The highest BCUT2D eigenvalue weighted by Gasteiger charge is 2.06. The van der Waals surface area contributed by atoms with E-state index in [1.165, 1.54) is 56.9 Å². The fourth-order valence-electron chi connectivity index (χ4n) is 3.41. The van der Waals surface area contributed by atoms with Crippen LogP contribution in [0, 0.1) is 17.8 Å². The maximum Gasteiger partial charge on any atom is 0.166 e. The SMILES string of the molecule is CC(=CCCC(=O)C=C=O)CCCC(C)CCCC(C)CCCC(C)C. The Labute approximate surface area is 162 Å². The number of allylic oxidation sites excluding steroid dienone is 3. The van der Waals surface area contributed by atoms with E-state index < -0.39 is 0 Å². The average molecular weight is 363 g/mol. The number of ketones is 1. The Morgan fingerprint density at radius 2 is 1.38 bits per heavy atom. The molecule has 0 heterocycles. The second-order valence-electron chi connectivity index (χ2n) is 8.68. The van der Waals surface area contributed by atoms with Crippen molar-refractivity contribution >= 4 is 11.7 Å². The van der Waals surface area contributed by atoms with Crippen molar-refractivity contribution in [2.75, 3.05) is 0 Å². The third kappa shape index (κ3) is 16.3. The lowest BCUT2D eigenvalue weighted by Crippen LogP contribution is -2.00. The van der Waals surface area contributed by atoms with Gasteiger partial charge in [0.2, 0.25) is 0 Å². The molecule has 0 aliphatic heterocycles. The second kappa shape index (κ2) is 16.1. The van der Waals surface area contributed by atoms with E-state index in [9.17, 15) is 9.59 Å². The summed E-state index contributed by atoms with van der Waals surface area (Å²) in [6.07, 6.45) is 16.2. The lowest BCUT2D eigenvalue weighted by atomic mass is 9.91. The maximum absolute atomic E-state index is 11.2. The first-order chi connectivity index (χ1) is 12.3. The van der Waals surface area contributed by atoms with Gasteiger partial charge in [-0.1, -0.05) is 84.3 Å². The van der Waals surface area contributed by atoms with Crippen molar-refractivity contribution in [1.29, 1.82) is 0 Å². The summed E-state index contributed by atoms with van der Waals surface area (Å²) in [7, 11) is 0. The Bertz CT molecular complexity index is 441. The molecule has 26 heavy (non-hydrogen) atoms. The summed E-state index contributed by atoms with van der Waals surface area (Å²) in [5, 5.41) is 0. The molecule has 2 heteroatoms. The molecule has 0 radical (unpaired) electrons. The van der Waals surface area contributed by atoms with E-state index in [0.29, 0.717) is 6.42 Å². The summed E-state index contributed by atoms with van der Waals surface area (Å²) in [5.41, 5.74) is 1.36. The normalized spacial score (nSPS) is 14.2. The van der Waals surface area contributed by atoms with Crippen LogP contribution in [0.25, 0.3) is 0 Å². The highest BCUT2D eigenvalue weighted by atomic mass is 16.1. The zero-order valence-corrected chi connectivity index (χ0v) is 18.0. The standard InChI is InChI=1S/C24H42O2/c1-20(2)10-6-11-21(3)12-7-13-22(4)14-8-15-23(5)16-9-17-24(26)18-19-25/h16,18,20-22H,6-15,17H2,1-5H3. The van der Waals surface area contributed by atoms with Crippen molar-refractivity contribution in [2.24, 2.45) is 17.8 Å². The minimum atomic E-state index is -0.129. The zero-order valence-electron chi connectivity index (χ0n) is 18.0. The van der Waals surface area contributed by atoms with Gasteiger partial charge in [0.05, 0.1) is 6.08 Å². The first-order valence-corrected chi connectivity index (χ1v) is 10.7. The van der Waals surface area contributed by atoms with Crippen LogP contribution < -0.4 is 0 Å². The van der Waals surface area contributed by atoms with Crippen LogP contribution >= 0.6 is 0 Å². The first kappa shape index (κ1) is 24.9. The average Bonchev–Trinajstić information content (AvgIpc) is 2.54. The molecule has 0 amide bonds. The van der Waals surface area contributed by atoms with Gasteiger partial charge in [0.15, 0.2) is 5.78 Å². The minimum Gasteiger partial charge on any atom is -0.294 e. The van der Waals surface area contributed by atoms with Crippen molar-refractivity contribution in [3.63, 3.8) is 0 Å². The van der Waals surface area contributed by atoms with Crippen molar-refractivity contribution in [2.45, 2.75) is 105 Å². The van der Waals surface area contributed by atoms with Crippen LogP contribution in [0.1, 0.15) is 105 Å². The molecule has 0 aromatic heterocycles. The number of carbonyl (C=O) groups is 1. The fourth-order valence-corrected chi connectivity index (χ4v) is 3.41. The number of hydrogen-bond acceptors (Lipinski definition) is 2. The highest BCUT2D eigenvalue weighted by molar-refractivity contribution is 5.95. The smallest absolute Gasteiger partial charge is 0.166 e. The van der Waals surface area contributed by atoms with Crippen molar-refractivity contribution in [1.82, 2.24) is 0 Å². The molecule has 0 spiro atoms. The maximum atomic E-state index is 11.2. The Balaban J connectivity index is 3.70. The van der Waals surface area contributed by atoms with Gasteiger partial charge in [0, 0.05) is 6.42 Å². The summed E-state index contributed by atoms with van der Waals surface area (Å²) >= 11 is 0. The van der Waals surface area contributed by atoms with Gasteiger partial charge in [-0.3, -0.25) is 4.79 Å². The van der Waals surface area contributed by atoms with Gasteiger partial charge in [-0.25, -0.2) is 4.79 Å². The molecule has 0 N–H and O–H groups in total. The van der Waals surface area contributed by atoms with E-state index in [-0.39, 0.29) is 5.78 Å². The van der Waals surface area contributed by atoms with Gasteiger partial charge >= 0.3 is 0 Å². The van der Waals surface area contributed by atoms with Gasteiger partial charge < -0.3 is 0 Å². The van der Waals surface area contributed by atoms with Gasteiger partial charge in [-0.15, -0.1) is 0 Å². The van der Waals surface area contributed by atoms with E-state index in [1.54, 1.807) is 5.94 Å². The third-order valence-electron chi connectivity index (χ3n) is 5.24. The highest BCUT2D eigenvalue weighted by Crippen LogP contribution is 2.22. The Morgan fingerprint density at radius 3 is 1.92 bits per heavy atom. The van der Waals surface area contributed by atoms with E-state index >= 15 is 0 Å². The fraction of sp³-hybridized carbons (Fsp3) is 0.792. The molecular weight excluding hydrogens is 320 g/mol. The largest absolute Gasteiger partial charge is 0.294 e. The summed E-state index contributed by atoms with van der Waals surface area (Å²) in [5.74, 6) is 3.95. The predicted molar refractivity (Wildman–Crippen MR) is 113 cm³/mol. The molecule has 0 saturated carbocycles. The molecule has 0 aliphatic rings. The van der Waals surface area contributed by atoms with Gasteiger partial charge in [-0.05, 0) is 43.9 Å². The molecule has 2 nitrogen and oxygen atoms in total. The van der Waals surface area contributed by atoms with Crippen molar-refractivity contribution in [3.05, 3.63) is 17.7 Å². The number of carbonyl (C=O) groups excluding carboxylic acids is 2. The second-order valence-corrected chi connectivity index (χ2v) is 8.68. The third-order valence-corrected chi connectivity index (χ3v) is 5.24. The van der Waals surface area contributed by atoms with Crippen molar-refractivity contribution in [3.8, 4) is 0 Å². The molecule has 0 saturated heterocycles. The summed E-state index contributed by atoms with van der Waals surface area (Å²) in [6.45, 7) is 11.6. The molecule has 0 aliphatic carbocycles. The van der Waals surface area contributed by atoms with Crippen LogP contribution in [0.2, 0.25) is 0 Å². The van der Waals surface area contributed by atoms with Crippen LogP contribution in [0.3, 0.4) is 0 Å². The van der Waals surface area contributed by atoms with Gasteiger partial charge in [0.1, 0.15) is 5.94 Å². The lowest BCUT2D eigenvalue weighted by Gasteiger charge is -2.15. The monoisotopic (exact) mass is 362 g/mol. The molecule has 2 atom stereocenters. The first-order valence-electron chi connectivity index (χ1n) is 10.7. The van der Waals surface area contributed by atoms with Crippen LogP contribution in [0.4, 0.5) is 0 Å². The Hall–Kier alpha value is -1.14. The Morgan fingerprint density at radius 1 is 0.846 bits per heavy atom. The topological polar surface area (TPSA) is 34.1 Å². The summed E-state index contributed by atoms with van der Waals surface area (Å²) < 4.78 is 0. The number of rotatable bonds is 16. The molecular formula is C24H42O2. The predicted octanol–water partition coefficient (Wildman–Crippen LogP) is 7.11. The molecule has 0 bridgehead atoms. The summed E-state index contributed by atoms with van der Waals surface area (Å²) in [6, 6.07) is 0. The van der Waals surface area contributed by atoms with E-state index in [2.05, 4.69) is 40.7 Å². The van der Waals surface area contributed by atoms with Gasteiger partial charge in [-0.2, -0.15) is 0 Å². The van der Waals surface area contributed by atoms with Gasteiger partial charge in [0.25, 0.3) is 0 Å². The van der Waals surface area contributed by atoms with E-state index in [4.69, 9.17) is 0 Å². The minimum absolute atomic E-state index is 0.129. The lowest BCUT2D eigenvalue weighted by molar-refractivity contribution is -0.114. The van der Waals surface area contributed by atoms with Crippen molar-refractivity contribution < 1.29 is 9.59 Å². The molecule has 2 unspecified atom stereocenters. The van der Waals surface area contributed by atoms with E-state index in [0.717, 1.165) is 36.7 Å². The molecule has 0 aromatic carbocycles. The van der Waals surface area contributed by atoms with Crippen LogP contribution in [0.15, 0.2) is 17.7 Å². The molecule has 0 fully saturated rings. The molecule has 150 valence electrons. The quantitative estimate of drug-likeness (QED) is 0.166.